The largest absolute Gasteiger partial charge is 0.481 e. The van der Waals surface area contributed by atoms with Gasteiger partial charge in [0.05, 0.1) is 31.5 Å². The number of carboxylic acid groups (broad SMARTS) is 2. The van der Waals surface area contributed by atoms with E-state index in [0.29, 0.717) is 38.8 Å². The number of nitrogens with two attached hydrogens (primary N) is 2. The number of unbranched alkanes of at least 4 members (excludes halogenated alkanes) is 1. The summed E-state index contributed by atoms with van der Waals surface area (Å²) in [4.78, 5) is 73.1. The molecule has 0 aliphatic carbocycles. The van der Waals surface area contributed by atoms with Crippen molar-refractivity contribution in [3.05, 3.63) is 0 Å². The van der Waals surface area contributed by atoms with Crippen molar-refractivity contribution in [3.8, 4) is 0 Å². The molecule has 0 saturated carbocycles. The third-order valence-electron chi connectivity index (χ3n) is 5.88. The molecule has 0 aromatic heterocycles. The standard InChI is InChI=1S/C22H38N6O9/c23-8-2-1-4-14(22(37)28-9-3-5-16(28)20(24)35)27-21(36)15(10-19(33)34)25-11-13(12-29)26-17(30)6-7-18(31)32/h13-16,25,29H,1-12,23H2,(H2,24,35)(H,26,30)(H,27,36)(H,31,32)(H,33,34). The van der Waals surface area contributed by atoms with Gasteiger partial charge in [0.25, 0.3) is 0 Å². The topological polar surface area (TPSA) is 254 Å². The maximum absolute atomic E-state index is 13.2. The van der Waals surface area contributed by atoms with Gasteiger partial charge >= 0.3 is 11.9 Å². The van der Waals surface area contributed by atoms with Gasteiger partial charge in [-0.05, 0) is 38.6 Å². The molecule has 0 spiro atoms. The minimum atomic E-state index is -1.32. The van der Waals surface area contributed by atoms with Crippen LogP contribution in [0.25, 0.3) is 0 Å². The Morgan fingerprint density at radius 2 is 1.68 bits per heavy atom. The van der Waals surface area contributed by atoms with Gasteiger partial charge in [0.2, 0.25) is 23.6 Å². The van der Waals surface area contributed by atoms with E-state index >= 15 is 0 Å². The van der Waals surface area contributed by atoms with E-state index in [1.165, 1.54) is 4.90 Å². The third kappa shape index (κ3) is 11.5. The molecule has 10 N–H and O–H groups in total. The van der Waals surface area contributed by atoms with E-state index in [-0.39, 0.29) is 19.4 Å². The highest BCUT2D eigenvalue weighted by Gasteiger charge is 2.37. The second kappa shape index (κ2) is 16.4. The predicted molar refractivity (Wildman–Crippen MR) is 129 cm³/mol. The summed E-state index contributed by atoms with van der Waals surface area (Å²) in [6, 6.07) is -4.07. The SMILES string of the molecule is NCCCCC(NC(=O)C(CC(=O)O)NCC(CO)NC(=O)CCC(=O)O)C(=O)N1CCCC1C(N)=O. The van der Waals surface area contributed by atoms with Gasteiger partial charge in [-0.15, -0.1) is 0 Å². The van der Waals surface area contributed by atoms with Crippen LogP contribution in [-0.4, -0.2) is 106 Å². The summed E-state index contributed by atoms with van der Waals surface area (Å²) < 4.78 is 0. The monoisotopic (exact) mass is 530 g/mol. The van der Waals surface area contributed by atoms with Crippen LogP contribution < -0.4 is 27.4 Å². The summed E-state index contributed by atoms with van der Waals surface area (Å²) in [6.45, 7) is -0.0993. The van der Waals surface area contributed by atoms with Crippen molar-refractivity contribution < 1.29 is 44.1 Å². The number of aliphatic hydroxyl groups excluding tert-OH is 1. The number of aliphatic hydroxyl groups is 1. The minimum absolute atomic E-state index is 0.206. The Hall–Kier alpha value is -3.30. The van der Waals surface area contributed by atoms with Gasteiger partial charge in [-0.1, -0.05) is 0 Å². The molecule has 4 amide bonds. The first-order chi connectivity index (χ1) is 17.5. The maximum Gasteiger partial charge on any atom is 0.305 e. The molecule has 1 fully saturated rings. The fraction of sp³-hybridized carbons (Fsp3) is 0.727. The fourth-order valence-electron chi connectivity index (χ4n) is 3.95. The molecule has 1 rings (SSSR count). The number of amides is 4. The van der Waals surface area contributed by atoms with Gasteiger partial charge in [-0.2, -0.15) is 0 Å². The van der Waals surface area contributed by atoms with Crippen molar-refractivity contribution in [2.45, 2.75) is 75.5 Å². The first kappa shape index (κ1) is 31.7. The summed E-state index contributed by atoms with van der Waals surface area (Å²) in [5, 5.41) is 35.1. The molecule has 0 aromatic rings. The number of rotatable bonds is 18. The van der Waals surface area contributed by atoms with Crippen LogP contribution in [0.4, 0.5) is 0 Å². The normalized spacial score (nSPS) is 17.5. The number of likely N-dealkylation sites (tertiary alicyclic amines) is 1. The van der Waals surface area contributed by atoms with Crippen LogP contribution in [0.15, 0.2) is 0 Å². The average molecular weight is 531 g/mol. The van der Waals surface area contributed by atoms with Crippen molar-refractivity contribution in [2.75, 3.05) is 26.2 Å². The Morgan fingerprint density at radius 1 is 0.973 bits per heavy atom. The van der Waals surface area contributed by atoms with Gasteiger partial charge in [-0.3, -0.25) is 28.8 Å². The van der Waals surface area contributed by atoms with E-state index in [1.54, 1.807) is 0 Å². The van der Waals surface area contributed by atoms with Gasteiger partial charge in [-0.25, -0.2) is 0 Å². The second-order valence-corrected chi connectivity index (χ2v) is 8.84. The Morgan fingerprint density at radius 3 is 2.24 bits per heavy atom. The number of hydrogen-bond donors (Lipinski definition) is 8. The Bertz CT molecular complexity index is 824. The molecule has 15 heteroatoms. The van der Waals surface area contributed by atoms with Gasteiger partial charge in [0.15, 0.2) is 0 Å². The number of carboxylic acids is 2. The fourth-order valence-corrected chi connectivity index (χ4v) is 3.95. The quantitative estimate of drug-likeness (QED) is 0.0821. The summed E-state index contributed by atoms with van der Waals surface area (Å²) in [6.07, 6.45) is 0.885. The molecule has 210 valence electrons. The van der Waals surface area contributed by atoms with Crippen LogP contribution >= 0.6 is 0 Å². The molecule has 0 radical (unpaired) electrons. The molecule has 1 aliphatic rings. The predicted octanol–water partition coefficient (Wildman–Crippen LogP) is -3.15. The zero-order valence-electron chi connectivity index (χ0n) is 20.7. The van der Waals surface area contributed by atoms with E-state index in [9.17, 15) is 39.0 Å². The van der Waals surface area contributed by atoms with Gasteiger partial charge in [0, 0.05) is 19.5 Å². The summed E-state index contributed by atoms with van der Waals surface area (Å²) in [5.74, 6) is -5.06. The van der Waals surface area contributed by atoms with Crippen molar-refractivity contribution in [3.63, 3.8) is 0 Å². The molecule has 1 heterocycles. The molecule has 15 nitrogen and oxygen atoms in total. The number of primary amides is 1. The zero-order chi connectivity index (χ0) is 28.0. The van der Waals surface area contributed by atoms with E-state index in [2.05, 4.69) is 16.0 Å². The number of nitrogens with zero attached hydrogens (tertiary/aromatic N) is 1. The molecular formula is C22H38N6O9. The van der Waals surface area contributed by atoms with E-state index in [4.69, 9.17) is 16.6 Å². The average Bonchev–Trinajstić information content (AvgIpc) is 3.33. The van der Waals surface area contributed by atoms with E-state index < -0.39 is 79.2 Å². The highest BCUT2D eigenvalue weighted by atomic mass is 16.4. The molecule has 4 unspecified atom stereocenters. The highest BCUT2D eigenvalue weighted by Crippen LogP contribution is 2.19. The lowest BCUT2D eigenvalue weighted by atomic mass is 10.1. The number of aliphatic carboxylic acids is 2. The van der Waals surface area contributed by atoms with Crippen molar-refractivity contribution >= 4 is 35.6 Å². The Kier molecular flexibility index (Phi) is 14.1. The summed E-state index contributed by atoms with van der Waals surface area (Å²) >= 11 is 0. The van der Waals surface area contributed by atoms with Crippen molar-refractivity contribution in [1.29, 1.82) is 0 Å². The van der Waals surface area contributed by atoms with Crippen LogP contribution in [0.5, 0.6) is 0 Å². The van der Waals surface area contributed by atoms with E-state index in [0.717, 1.165) is 0 Å². The van der Waals surface area contributed by atoms with Crippen LogP contribution in [0, 0.1) is 0 Å². The highest BCUT2D eigenvalue weighted by molar-refractivity contribution is 5.94. The number of nitrogens with one attached hydrogen (secondary N) is 3. The van der Waals surface area contributed by atoms with Crippen LogP contribution in [0.1, 0.15) is 51.4 Å². The van der Waals surface area contributed by atoms with Crippen molar-refractivity contribution in [1.82, 2.24) is 20.9 Å². The van der Waals surface area contributed by atoms with Crippen LogP contribution in [0.3, 0.4) is 0 Å². The van der Waals surface area contributed by atoms with Crippen LogP contribution in [0.2, 0.25) is 0 Å². The first-order valence-corrected chi connectivity index (χ1v) is 12.2. The van der Waals surface area contributed by atoms with Crippen LogP contribution in [-0.2, 0) is 28.8 Å². The lowest BCUT2D eigenvalue weighted by molar-refractivity contribution is -0.142. The summed E-state index contributed by atoms with van der Waals surface area (Å²) in [5.41, 5.74) is 10.9. The smallest absolute Gasteiger partial charge is 0.305 e. The number of hydrogen-bond acceptors (Lipinski definition) is 9. The third-order valence-corrected chi connectivity index (χ3v) is 5.88. The van der Waals surface area contributed by atoms with Crippen molar-refractivity contribution in [2.24, 2.45) is 11.5 Å². The molecule has 0 bridgehead atoms. The maximum atomic E-state index is 13.2. The Labute approximate surface area is 214 Å². The lowest BCUT2D eigenvalue weighted by Crippen LogP contribution is -2.57. The minimum Gasteiger partial charge on any atom is -0.481 e. The molecular weight excluding hydrogens is 492 g/mol. The molecule has 4 atom stereocenters. The van der Waals surface area contributed by atoms with E-state index in [1.807, 2.05) is 0 Å². The van der Waals surface area contributed by atoms with Gasteiger partial charge in [0.1, 0.15) is 12.1 Å². The zero-order valence-corrected chi connectivity index (χ0v) is 20.7. The second-order valence-electron chi connectivity index (χ2n) is 8.84. The Balaban J connectivity index is 2.90. The molecule has 1 aliphatic heterocycles. The summed E-state index contributed by atoms with van der Waals surface area (Å²) in [7, 11) is 0. The first-order valence-electron chi connectivity index (χ1n) is 12.2. The number of carbonyl (C=O) groups excluding carboxylic acids is 4. The molecule has 37 heavy (non-hydrogen) atoms. The molecule has 1 saturated heterocycles. The lowest BCUT2D eigenvalue weighted by Gasteiger charge is -2.29. The number of carbonyl (C=O) groups is 6. The molecule has 0 aromatic carbocycles. The van der Waals surface area contributed by atoms with Gasteiger partial charge < -0.3 is 47.6 Å².